The number of thiazole rings is 1. The van der Waals surface area contributed by atoms with Crippen LogP contribution in [0.5, 0.6) is 11.5 Å². The normalized spacial score (nSPS) is 22.7. The highest BCUT2D eigenvalue weighted by molar-refractivity contribution is 7.22. The lowest BCUT2D eigenvalue weighted by molar-refractivity contribution is 0.116. The average molecular weight is 382 g/mol. The fraction of sp³-hybridized carbons (Fsp3) is 0.429. The van der Waals surface area contributed by atoms with Crippen molar-refractivity contribution in [3.8, 4) is 11.5 Å². The van der Waals surface area contributed by atoms with E-state index in [-0.39, 0.29) is 12.1 Å². The fourth-order valence-electron chi connectivity index (χ4n) is 3.74. The summed E-state index contributed by atoms with van der Waals surface area (Å²) < 4.78 is 7.11. The zero-order valence-electron chi connectivity index (χ0n) is 15.1. The predicted octanol–water partition coefficient (Wildman–Crippen LogP) is 5.08. The molecule has 2 aliphatic carbocycles. The first-order valence-electron chi connectivity index (χ1n) is 9.72. The molecule has 2 fully saturated rings. The van der Waals surface area contributed by atoms with Crippen molar-refractivity contribution < 1.29 is 9.84 Å². The van der Waals surface area contributed by atoms with Crippen LogP contribution in [0.2, 0.25) is 0 Å². The van der Waals surface area contributed by atoms with Crippen LogP contribution in [0.3, 0.4) is 0 Å². The second-order valence-corrected chi connectivity index (χ2v) is 8.61. The molecule has 5 rings (SSSR count). The van der Waals surface area contributed by atoms with Crippen molar-refractivity contribution in [2.45, 2.75) is 56.6 Å². The Morgan fingerprint density at radius 2 is 1.93 bits per heavy atom. The van der Waals surface area contributed by atoms with Gasteiger partial charge >= 0.3 is 0 Å². The maximum Gasteiger partial charge on any atom is 0.184 e. The van der Waals surface area contributed by atoms with E-state index in [1.807, 2.05) is 24.4 Å². The number of aromatic nitrogens is 2. The van der Waals surface area contributed by atoms with Gasteiger partial charge in [0.25, 0.3) is 0 Å². The van der Waals surface area contributed by atoms with E-state index < -0.39 is 0 Å². The maximum absolute atomic E-state index is 10.2. The van der Waals surface area contributed by atoms with Crippen LogP contribution in [-0.4, -0.2) is 27.2 Å². The van der Waals surface area contributed by atoms with Gasteiger partial charge in [-0.25, -0.2) is 4.98 Å². The Labute approximate surface area is 162 Å². The number of ether oxygens (including phenoxy) is 1. The molecule has 0 aliphatic heterocycles. The minimum Gasteiger partial charge on any atom is -0.456 e. The zero-order valence-corrected chi connectivity index (χ0v) is 15.9. The van der Waals surface area contributed by atoms with E-state index in [2.05, 4.69) is 21.4 Å². The molecule has 2 heterocycles. The number of hydrogen-bond acceptors (Lipinski definition) is 6. The first kappa shape index (κ1) is 17.0. The van der Waals surface area contributed by atoms with Crippen LogP contribution in [0.4, 0.5) is 5.13 Å². The number of fused-ring (bicyclic) bond motifs is 1. The molecule has 0 saturated heterocycles. The number of nitrogens with zero attached hydrogens (tertiary/aromatic N) is 2. The third kappa shape index (κ3) is 3.77. The summed E-state index contributed by atoms with van der Waals surface area (Å²) in [4.78, 5) is 8.98. The molecule has 27 heavy (non-hydrogen) atoms. The summed E-state index contributed by atoms with van der Waals surface area (Å²) in [5.41, 5.74) is 2.22. The highest BCUT2D eigenvalue weighted by Gasteiger charge is 2.25. The van der Waals surface area contributed by atoms with Crippen LogP contribution in [0.15, 0.2) is 36.7 Å². The smallest absolute Gasteiger partial charge is 0.184 e. The summed E-state index contributed by atoms with van der Waals surface area (Å²) >= 11 is 1.61. The first-order valence-corrected chi connectivity index (χ1v) is 10.5. The number of rotatable bonds is 5. The lowest BCUT2D eigenvalue weighted by atomic mass is 9.93. The van der Waals surface area contributed by atoms with E-state index in [0.717, 1.165) is 52.5 Å². The molecule has 0 unspecified atom stereocenters. The number of nitrogens with one attached hydrogen (secondary N) is 1. The fourth-order valence-corrected chi connectivity index (χ4v) is 4.69. The van der Waals surface area contributed by atoms with Crippen molar-refractivity contribution in [3.05, 3.63) is 42.2 Å². The van der Waals surface area contributed by atoms with Gasteiger partial charge in [-0.05, 0) is 55.4 Å². The molecule has 2 aliphatic rings. The molecule has 3 aromatic rings. The SMILES string of the molecule is O[C@@H]1CCCC[C@H]1Nc1nc2ccc(Oc3cncc(C4CC4)c3)cc2s1. The second-order valence-electron chi connectivity index (χ2n) is 7.58. The van der Waals surface area contributed by atoms with Crippen molar-refractivity contribution >= 4 is 26.7 Å². The van der Waals surface area contributed by atoms with Gasteiger partial charge in [-0.2, -0.15) is 0 Å². The van der Waals surface area contributed by atoms with E-state index in [1.54, 1.807) is 17.5 Å². The number of hydrogen-bond donors (Lipinski definition) is 2. The van der Waals surface area contributed by atoms with Crippen molar-refractivity contribution in [3.63, 3.8) is 0 Å². The molecule has 2 saturated carbocycles. The van der Waals surface area contributed by atoms with Crippen molar-refractivity contribution in [1.29, 1.82) is 0 Å². The monoisotopic (exact) mass is 381 g/mol. The van der Waals surface area contributed by atoms with Gasteiger partial charge < -0.3 is 15.2 Å². The zero-order chi connectivity index (χ0) is 18.2. The van der Waals surface area contributed by atoms with Crippen LogP contribution >= 0.6 is 11.3 Å². The molecular weight excluding hydrogens is 358 g/mol. The highest BCUT2D eigenvalue weighted by atomic mass is 32.1. The summed E-state index contributed by atoms with van der Waals surface area (Å²) in [5.74, 6) is 2.24. The van der Waals surface area contributed by atoms with E-state index in [9.17, 15) is 5.11 Å². The van der Waals surface area contributed by atoms with Crippen LogP contribution in [0.1, 0.15) is 50.0 Å². The summed E-state index contributed by atoms with van der Waals surface area (Å²) in [6, 6.07) is 8.16. The Balaban J connectivity index is 1.33. The Hall–Kier alpha value is -2.18. The van der Waals surface area contributed by atoms with Crippen molar-refractivity contribution in [2.24, 2.45) is 0 Å². The summed E-state index contributed by atoms with van der Waals surface area (Å²) in [5, 5.41) is 14.5. The average Bonchev–Trinajstić information content (AvgIpc) is 3.45. The molecule has 6 heteroatoms. The molecular formula is C21H23N3O2S. The largest absolute Gasteiger partial charge is 0.456 e. The lowest BCUT2D eigenvalue weighted by Crippen LogP contribution is -2.36. The van der Waals surface area contributed by atoms with Gasteiger partial charge in [0, 0.05) is 12.3 Å². The van der Waals surface area contributed by atoms with Gasteiger partial charge in [0.2, 0.25) is 0 Å². The van der Waals surface area contributed by atoms with Crippen LogP contribution in [-0.2, 0) is 0 Å². The third-order valence-electron chi connectivity index (χ3n) is 5.42. The number of anilines is 1. The molecule has 2 atom stereocenters. The van der Waals surface area contributed by atoms with Gasteiger partial charge in [0.15, 0.2) is 5.13 Å². The minimum atomic E-state index is -0.282. The molecule has 5 nitrogen and oxygen atoms in total. The maximum atomic E-state index is 10.2. The number of benzene rings is 1. The molecule has 0 radical (unpaired) electrons. The van der Waals surface area contributed by atoms with E-state index in [0.29, 0.717) is 5.92 Å². The Morgan fingerprint density at radius 1 is 1.04 bits per heavy atom. The van der Waals surface area contributed by atoms with Gasteiger partial charge in [-0.15, -0.1) is 0 Å². The van der Waals surface area contributed by atoms with Gasteiger partial charge in [0.05, 0.1) is 28.6 Å². The quantitative estimate of drug-likeness (QED) is 0.645. The molecule has 0 spiro atoms. The van der Waals surface area contributed by atoms with Gasteiger partial charge in [-0.3, -0.25) is 4.98 Å². The van der Waals surface area contributed by atoms with Crippen molar-refractivity contribution in [2.75, 3.05) is 5.32 Å². The Kier molecular flexibility index (Phi) is 4.45. The second kappa shape index (κ2) is 7.09. The molecule has 140 valence electrons. The molecule has 0 amide bonds. The standard InChI is InChI=1S/C21H23N3O2S/c25-19-4-2-1-3-17(19)23-21-24-18-8-7-15(10-20(18)27-21)26-16-9-14(11-22-12-16)13-5-6-13/h7-13,17,19,25H,1-6H2,(H,23,24)/t17-,19-/m1/s1. The number of aliphatic hydroxyl groups excluding tert-OH is 1. The first-order chi connectivity index (χ1) is 13.2. The Bertz CT molecular complexity index is 954. The van der Waals surface area contributed by atoms with Crippen LogP contribution in [0.25, 0.3) is 10.2 Å². The Morgan fingerprint density at radius 3 is 2.78 bits per heavy atom. The van der Waals surface area contributed by atoms with Gasteiger partial charge in [-0.1, -0.05) is 24.2 Å². The van der Waals surface area contributed by atoms with Gasteiger partial charge in [0.1, 0.15) is 11.5 Å². The van der Waals surface area contributed by atoms with E-state index >= 15 is 0 Å². The minimum absolute atomic E-state index is 0.103. The molecule has 0 bridgehead atoms. The summed E-state index contributed by atoms with van der Waals surface area (Å²) in [6.07, 6.45) is 10.1. The van der Waals surface area contributed by atoms with E-state index in [4.69, 9.17) is 4.74 Å². The van der Waals surface area contributed by atoms with Crippen LogP contribution < -0.4 is 10.1 Å². The number of pyridine rings is 1. The molecule has 2 aromatic heterocycles. The lowest BCUT2D eigenvalue weighted by Gasteiger charge is -2.27. The predicted molar refractivity (Wildman–Crippen MR) is 108 cm³/mol. The summed E-state index contributed by atoms with van der Waals surface area (Å²) in [6.45, 7) is 0. The van der Waals surface area contributed by atoms with E-state index in [1.165, 1.54) is 18.4 Å². The third-order valence-corrected chi connectivity index (χ3v) is 6.37. The molecule has 2 N–H and O–H groups in total. The number of aliphatic hydroxyl groups is 1. The highest BCUT2D eigenvalue weighted by Crippen LogP contribution is 2.41. The molecule has 1 aromatic carbocycles. The summed E-state index contributed by atoms with van der Waals surface area (Å²) in [7, 11) is 0. The van der Waals surface area contributed by atoms with Crippen LogP contribution in [0, 0.1) is 0 Å². The van der Waals surface area contributed by atoms with Crippen molar-refractivity contribution in [1.82, 2.24) is 9.97 Å². The topological polar surface area (TPSA) is 67.3 Å².